The van der Waals surface area contributed by atoms with E-state index in [-0.39, 0.29) is 11.9 Å². The van der Waals surface area contributed by atoms with E-state index in [1.807, 2.05) is 18.2 Å². The largest absolute Gasteiger partial charge is 0.372 e. The molecule has 1 aromatic carbocycles. The van der Waals surface area contributed by atoms with Crippen molar-refractivity contribution in [1.29, 1.82) is 0 Å². The Labute approximate surface area is 236 Å². The van der Waals surface area contributed by atoms with E-state index in [4.69, 9.17) is 18.2 Å². The summed E-state index contributed by atoms with van der Waals surface area (Å²) >= 11 is 6.24. The van der Waals surface area contributed by atoms with Crippen LogP contribution in [-0.4, -0.2) is 85.9 Å². The fourth-order valence-corrected chi connectivity index (χ4v) is 6.32. The van der Waals surface area contributed by atoms with Gasteiger partial charge in [-0.1, -0.05) is 17.7 Å². The minimum absolute atomic E-state index is 0.131. The van der Waals surface area contributed by atoms with Gasteiger partial charge in [0.2, 0.25) is 5.69 Å². The van der Waals surface area contributed by atoms with Crippen LogP contribution in [0.15, 0.2) is 30.3 Å². The SMILES string of the molecule is [C-]#[N+]c1ccc(N(C)C2CCC(NC(=O)c3ccc(N4CCC(CN5CCNCC5)CC4)nn3)CC2)cc1Cl. The van der Waals surface area contributed by atoms with E-state index in [1.54, 1.807) is 12.1 Å². The van der Waals surface area contributed by atoms with E-state index in [1.165, 1.54) is 19.4 Å². The molecule has 0 unspecified atom stereocenters. The van der Waals surface area contributed by atoms with Crippen LogP contribution in [0.1, 0.15) is 49.0 Å². The van der Waals surface area contributed by atoms with Crippen molar-refractivity contribution in [2.45, 2.75) is 50.6 Å². The predicted molar refractivity (Wildman–Crippen MR) is 156 cm³/mol. The van der Waals surface area contributed by atoms with Crippen molar-refractivity contribution in [3.63, 3.8) is 0 Å². The lowest BCUT2D eigenvalue weighted by atomic mass is 9.90. The minimum atomic E-state index is -0.151. The Bertz CT molecular complexity index is 1150. The van der Waals surface area contributed by atoms with Crippen molar-refractivity contribution in [2.24, 2.45) is 5.92 Å². The second kappa shape index (κ2) is 12.9. The fraction of sp³-hybridized carbons (Fsp3) is 0.586. The second-order valence-electron chi connectivity index (χ2n) is 11.1. The van der Waals surface area contributed by atoms with Gasteiger partial charge in [-0.15, -0.1) is 10.2 Å². The van der Waals surface area contributed by atoms with Crippen molar-refractivity contribution in [1.82, 2.24) is 25.7 Å². The van der Waals surface area contributed by atoms with Gasteiger partial charge in [-0.25, -0.2) is 4.85 Å². The predicted octanol–water partition coefficient (Wildman–Crippen LogP) is 3.98. The lowest BCUT2D eigenvalue weighted by Crippen LogP contribution is -2.47. The number of nitrogens with zero attached hydrogens (tertiary/aromatic N) is 6. The monoisotopic (exact) mass is 550 g/mol. The number of hydrogen-bond acceptors (Lipinski definition) is 7. The number of hydrogen-bond donors (Lipinski definition) is 2. The maximum Gasteiger partial charge on any atom is 0.272 e. The summed E-state index contributed by atoms with van der Waals surface area (Å²) in [4.78, 5) is 23.4. The van der Waals surface area contributed by atoms with Crippen molar-refractivity contribution < 1.29 is 4.79 Å². The van der Waals surface area contributed by atoms with Gasteiger partial charge in [-0.2, -0.15) is 0 Å². The molecule has 3 heterocycles. The van der Waals surface area contributed by atoms with Gasteiger partial charge in [0.1, 0.15) is 0 Å². The molecule has 0 spiro atoms. The van der Waals surface area contributed by atoms with Gasteiger partial charge in [0.05, 0.1) is 6.57 Å². The normalized spacial score (nSPS) is 22.7. The highest BCUT2D eigenvalue weighted by Crippen LogP contribution is 2.32. The lowest BCUT2D eigenvalue weighted by Gasteiger charge is -2.36. The molecule has 3 fully saturated rings. The molecule has 9 nitrogen and oxygen atoms in total. The van der Waals surface area contributed by atoms with E-state index in [0.29, 0.717) is 22.4 Å². The quantitative estimate of drug-likeness (QED) is 0.505. The third-order valence-corrected chi connectivity index (χ3v) is 8.89. The first-order chi connectivity index (χ1) is 19.0. The van der Waals surface area contributed by atoms with Gasteiger partial charge in [0.15, 0.2) is 11.5 Å². The highest BCUT2D eigenvalue weighted by Gasteiger charge is 2.27. The first-order valence-corrected chi connectivity index (χ1v) is 14.6. The zero-order valence-corrected chi connectivity index (χ0v) is 23.5. The highest BCUT2D eigenvalue weighted by atomic mass is 35.5. The van der Waals surface area contributed by atoms with E-state index in [9.17, 15) is 4.79 Å². The number of amides is 1. The molecule has 2 aromatic rings. The molecule has 0 radical (unpaired) electrons. The molecule has 1 aliphatic carbocycles. The Morgan fingerprint density at radius 1 is 1.08 bits per heavy atom. The minimum Gasteiger partial charge on any atom is -0.372 e. The molecule has 0 bridgehead atoms. The van der Waals surface area contributed by atoms with Crippen molar-refractivity contribution in [3.8, 4) is 0 Å². The molecule has 1 amide bonds. The summed E-state index contributed by atoms with van der Waals surface area (Å²) in [6.07, 6.45) is 6.10. The van der Waals surface area contributed by atoms with Gasteiger partial charge in [0.25, 0.3) is 5.91 Å². The number of rotatable bonds is 7. The molecule has 5 rings (SSSR count). The Kier molecular flexibility index (Phi) is 9.17. The summed E-state index contributed by atoms with van der Waals surface area (Å²) in [5.74, 6) is 1.46. The number of piperidine rings is 1. The van der Waals surface area contributed by atoms with Gasteiger partial charge in [0, 0.05) is 75.7 Å². The maximum absolute atomic E-state index is 12.9. The van der Waals surface area contributed by atoms with Gasteiger partial charge < -0.3 is 25.3 Å². The molecule has 39 heavy (non-hydrogen) atoms. The number of nitrogens with one attached hydrogen (secondary N) is 2. The van der Waals surface area contributed by atoms with Crippen molar-refractivity contribution in [2.75, 3.05) is 62.7 Å². The van der Waals surface area contributed by atoms with Crippen LogP contribution in [0, 0.1) is 12.5 Å². The fourth-order valence-electron chi connectivity index (χ4n) is 6.10. The second-order valence-corrected chi connectivity index (χ2v) is 11.5. The van der Waals surface area contributed by atoms with Crippen LogP contribution >= 0.6 is 11.6 Å². The molecule has 2 saturated heterocycles. The summed E-state index contributed by atoms with van der Waals surface area (Å²) < 4.78 is 0. The summed E-state index contributed by atoms with van der Waals surface area (Å²) in [6, 6.07) is 9.83. The standard InChI is InChI=1S/C29H39ClN8O/c1-31-26-8-7-24(19-25(26)30)36(2)23-5-3-22(4-6-23)33-29(39)27-9-10-28(35-34-27)38-15-11-21(12-16-38)20-37-17-13-32-14-18-37/h7-10,19,21-23,32H,3-6,11-18,20H2,2H3,(H,33,39). The van der Waals surface area contributed by atoms with Crippen LogP contribution in [0.3, 0.4) is 0 Å². The lowest BCUT2D eigenvalue weighted by molar-refractivity contribution is 0.0919. The van der Waals surface area contributed by atoms with Gasteiger partial charge in [-0.3, -0.25) is 4.79 Å². The molecule has 0 atom stereocenters. The first-order valence-electron chi connectivity index (χ1n) is 14.2. The number of piperazine rings is 1. The molecular weight excluding hydrogens is 512 g/mol. The topological polar surface area (TPSA) is 81.0 Å². The van der Waals surface area contributed by atoms with Crippen LogP contribution in [0.5, 0.6) is 0 Å². The number of benzene rings is 1. The van der Waals surface area contributed by atoms with Crippen LogP contribution in [0.4, 0.5) is 17.2 Å². The van der Waals surface area contributed by atoms with Crippen LogP contribution in [-0.2, 0) is 0 Å². The molecule has 1 aromatic heterocycles. The van der Waals surface area contributed by atoms with E-state index in [0.717, 1.165) is 82.4 Å². The summed E-state index contributed by atoms with van der Waals surface area (Å²) in [5, 5.41) is 15.8. The molecule has 10 heteroatoms. The van der Waals surface area contributed by atoms with Crippen molar-refractivity contribution >= 4 is 34.7 Å². The van der Waals surface area contributed by atoms with Crippen LogP contribution in [0.25, 0.3) is 4.85 Å². The van der Waals surface area contributed by atoms with Gasteiger partial charge >= 0.3 is 0 Å². The third-order valence-electron chi connectivity index (χ3n) is 8.59. The van der Waals surface area contributed by atoms with Gasteiger partial charge in [-0.05, 0) is 68.7 Å². The molecule has 208 valence electrons. The zero-order chi connectivity index (χ0) is 27.2. The summed E-state index contributed by atoms with van der Waals surface area (Å²) in [7, 11) is 2.07. The van der Waals surface area contributed by atoms with Crippen LogP contribution < -0.4 is 20.4 Å². The average molecular weight is 551 g/mol. The van der Waals surface area contributed by atoms with Crippen LogP contribution in [0.2, 0.25) is 5.02 Å². The van der Waals surface area contributed by atoms with E-state index in [2.05, 4.69) is 47.4 Å². The number of anilines is 2. The number of carbonyl (C=O) groups excluding carboxylic acids is 1. The van der Waals surface area contributed by atoms with E-state index >= 15 is 0 Å². The highest BCUT2D eigenvalue weighted by molar-refractivity contribution is 6.33. The Morgan fingerprint density at radius 2 is 1.82 bits per heavy atom. The average Bonchev–Trinajstić information content (AvgIpc) is 2.98. The number of carbonyl (C=O) groups is 1. The molecule has 3 aliphatic rings. The summed E-state index contributed by atoms with van der Waals surface area (Å²) in [5.41, 5.74) is 1.86. The maximum atomic E-state index is 12.9. The third kappa shape index (κ3) is 6.99. The molecular formula is C29H39ClN8O. The Balaban J connectivity index is 1.06. The van der Waals surface area contributed by atoms with Crippen molar-refractivity contribution in [3.05, 3.63) is 52.5 Å². The Morgan fingerprint density at radius 3 is 2.46 bits per heavy atom. The summed E-state index contributed by atoms with van der Waals surface area (Å²) in [6.45, 7) is 14.9. The molecule has 2 N–H and O–H groups in total. The smallest absolute Gasteiger partial charge is 0.272 e. The Hall–Kier alpha value is -2.93. The number of aromatic nitrogens is 2. The van der Waals surface area contributed by atoms with E-state index < -0.39 is 0 Å². The molecule has 1 saturated carbocycles. The number of halogens is 1. The zero-order valence-electron chi connectivity index (χ0n) is 22.8. The molecule has 2 aliphatic heterocycles. The first kappa shape index (κ1) is 27.6.